The highest BCUT2D eigenvalue weighted by Crippen LogP contribution is 2.07. The molecular weight excluding hydrogens is 150 g/mol. The molecule has 2 unspecified atom stereocenters. The van der Waals surface area contributed by atoms with E-state index < -0.39 is 0 Å². The van der Waals surface area contributed by atoms with Crippen molar-refractivity contribution in [1.29, 1.82) is 5.26 Å². The van der Waals surface area contributed by atoms with Gasteiger partial charge in [0.2, 0.25) is 0 Å². The summed E-state index contributed by atoms with van der Waals surface area (Å²) in [5, 5.41) is 12.0. The Balaban J connectivity index is 2.59. The Morgan fingerprint density at radius 3 is 3.17 bits per heavy atom. The van der Waals surface area contributed by atoms with E-state index in [0.717, 1.165) is 19.6 Å². The Morgan fingerprint density at radius 2 is 2.58 bits per heavy atom. The second kappa shape index (κ2) is 4.24. The molecule has 0 spiro atoms. The maximum Gasteiger partial charge on any atom is 0.111 e. The summed E-state index contributed by atoms with van der Waals surface area (Å²) >= 11 is 0. The van der Waals surface area contributed by atoms with Gasteiger partial charge in [-0.3, -0.25) is 4.90 Å². The first-order chi connectivity index (χ1) is 5.79. The first-order valence-electron chi connectivity index (χ1n) is 4.28. The summed E-state index contributed by atoms with van der Waals surface area (Å²) in [4.78, 5) is 2.17. The molecule has 0 aromatic carbocycles. The minimum atomic E-state index is 0.00625. The van der Waals surface area contributed by atoms with Gasteiger partial charge in [-0.1, -0.05) is 6.08 Å². The Bertz CT molecular complexity index is 194. The van der Waals surface area contributed by atoms with E-state index in [1.807, 2.05) is 6.08 Å². The fourth-order valence-corrected chi connectivity index (χ4v) is 1.46. The van der Waals surface area contributed by atoms with Gasteiger partial charge in [0, 0.05) is 25.7 Å². The molecule has 66 valence electrons. The molecular formula is C9H15N3. The number of hydrogen-bond acceptors (Lipinski definition) is 3. The average Bonchev–Trinajstić information content (AvgIpc) is 2.16. The van der Waals surface area contributed by atoms with Crippen molar-refractivity contribution >= 4 is 0 Å². The lowest BCUT2D eigenvalue weighted by atomic mass is 10.1. The van der Waals surface area contributed by atoms with Crippen LogP contribution >= 0.6 is 0 Å². The van der Waals surface area contributed by atoms with Crippen LogP contribution in [0.3, 0.4) is 0 Å². The van der Waals surface area contributed by atoms with Gasteiger partial charge in [-0.2, -0.15) is 5.26 Å². The Hall–Kier alpha value is -0.850. The van der Waals surface area contributed by atoms with Gasteiger partial charge >= 0.3 is 0 Å². The summed E-state index contributed by atoms with van der Waals surface area (Å²) in [5.74, 6) is 0. The van der Waals surface area contributed by atoms with Gasteiger partial charge in [-0.05, 0) is 6.92 Å². The number of nitrogens with zero attached hydrogens (tertiary/aromatic N) is 2. The molecule has 0 radical (unpaired) electrons. The summed E-state index contributed by atoms with van der Waals surface area (Å²) < 4.78 is 0. The van der Waals surface area contributed by atoms with Crippen molar-refractivity contribution in [3.63, 3.8) is 0 Å². The topological polar surface area (TPSA) is 39.1 Å². The molecule has 1 aliphatic rings. The predicted octanol–water partition coefficient (Wildman–Crippen LogP) is 0.358. The highest BCUT2D eigenvalue weighted by atomic mass is 15.2. The highest BCUT2D eigenvalue weighted by Gasteiger charge is 2.24. The van der Waals surface area contributed by atoms with Crippen molar-refractivity contribution in [1.82, 2.24) is 10.2 Å². The standard InChI is InChI=1S/C9H15N3/c1-3-8(2)12-5-4-11-7-9(12)6-10/h3,8-9,11H,1,4-5,7H2,2H3. The second-order valence-electron chi connectivity index (χ2n) is 3.06. The second-order valence-corrected chi connectivity index (χ2v) is 3.06. The van der Waals surface area contributed by atoms with Gasteiger partial charge in [0.15, 0.2) is 0 Å². The molecule has 1 fully saturated rings. The Labute approximate surface area is 73.7 Å². The van der Waals surface area contributed by atoms with Gasteiger partial charge in [0.25, 0.3) is 0 Å². The monoisotopic (exact) mass is 165 g/mol. The summed E-state index contributed by atoms with van der Waals surface area (Å²) in [5.41, 5.74) is 0. The van der Waals surface area contributed by atoms with Crippen molar-refractivity contribution in [2.75, 3.05) is 19.6 Å². The summed E-state index contributed by atoms with van der Waals surface area (Å²) in [6, 6.07) is 2.59. The first-order valence-corrected chi connectivity index (χ1v) is 4.28. The minimum absolute atomic E-state index is 0.00625. The molecule has 1 heterocycles. The van der Waals surface area contributed by atoms with Gasteiger partial charge in [-0.15, -0.1) is 6.58 Å². The van der Waals surface area contributed by atoms with Crippen LogP contribution in [0.2, 0.25) is 0 Å². The van der Waals surface area contributed by atoms with Crippen molar-refractivity contribution in [2.45, 2.75) is 19.0 Å². The fraction of sp³-hybridized carbons (Fsp3) is 0.667. The van der Waals surface area contributed by atoms with Gasteiger partial charge < -0.3 is 5.32 Å². The van der Waals surface area contributed by atoms with Crippen LogP contribution in [0.1, 0.15) is 6.92 Å². The molecule has 1 N–H and O–H groups in total. The van der Waals surface area contributed by atoms with Crippen LogP contribution in [-0.4, -0.2) is 36.6 Å². The van der Waals surface area contributed by atoms with Crippen LogP contribution in [-0.2, 0) is 0 Å². The minimum Gasteiger partial charge on any atom is -0.313 e. The maximum absolute atomic E-state index is 8.84. The molecule has 3 nitrogen and oxygen atoms in total. The largest absolute Gasteiger partial charge is 0.313 e. The third-order valence-corrected chi connectivity index (χ3v) is 2.30. The van der Waals surface area contributed by atoms with E-state index >= 15 is 0 Å². The molecule has 12 heavy (non-hydrogen) atoms. The molecule has 1 aliphatic heterocycles. The van der Waals surface area contributed by atoms with Gasteiger partial charge in [0.1, 0.15) is 6.04 Å². The normalized spacial score (nSPS) is 27.5. The maximum atomic E-state index is 8.84. The van der Waals surface area contributed by atoms with E-state index in [0.29, 0.717) is 6.04 Å². The smallest absolute Gasteiger partial charge is 0.111 e. The van der Waals surface area contributed by atoms with Crippen LogP contribution < -0.4 is 5.32 Å². The molecule has 2 atom stereocenters. The molecule has 3 heteroatoms. The molecule has 0 amide bonds. The van der Waals surface area contributed by atoms with E-state index in [9.17, 15) is 0 Å². The third kappa shape index (κ3) is 1.84. The third-order valence-electron chi connectivity index (χ3n) is 2.30. The number of rotatable bonds is 2. The average molecular weight is 165 g/mol. The zero-order valence-corrected chi connectivity index (χ0v) is 7.45. The number of nitrogens with one attached hydrogen (secondary N) is 1. The molecule has 0 aliphatic carbocycles. The van der Waals surface area contributed by atoms with E-state index in [2.05, 4.69) is 29.8 Å². The Morgan fingerprint density at radius 1 is 1.83 bits per heavy atom. The SMILES string of the molecule is C=CC(C)N1CCNCC1C#N. The molecule has 0 bridgehead atoms. The number of piperazine rings is 1. The number of nitriles is 1. The quantitative estimate of drug-likeness (QED) is 0.600. The first kappa shape index (κ1) is 9.24. The van der Waals surface area contributed by atoms with Crippen LogP contribution in [0.5, 0.6) is 0 Å². The zero-order valence-electron chi connectivity index (χ0n) is 7.45. The van der Waals surface area contributed by atoms with Crippen LogP contribution in [0.4, 0.5) is 0 Å². The van der Waals surface area contributed by atoms with E-state index in [1.165, 1.54) is 0 Å². The van der Waals surface area contributed by atoms with E-state index in [-0.39, 0.29) is 6.04 Å². The number of hydrogen-bond donors (Lipinski definition) is 1. The molecule has 1 rings (SSSR count). The van der Waals surface area contributed by atoms with Crippen molar-refractivity contribution in [2.24, 2.45) is 0 Å². The predicted molar refractivity (Wildman–Crippen MR) is 48.6 cm³/mol. The van der Waals surface area contributed by atoms with Gasteiger partial charge in [0.05, 0.1) is 6.07 Å². The zero-order chi connectivity index (χ0) is 8.97. The molecule has 0 aromatic rings. The lowest BCUT2D eigenvalue weighted by Crippen LogP contribution is -2.53. The fourth-order valence-electron chi connectivity index (χ4n) is 1.46. The van der Waals surface area contributed by atoms with E-state index in [4.69, 9.17) is 5.26 Å². The highest BCUT2D eigenvalue weighted by molar-refractivity contribution is 5.00. The lowest BCUT2D eigenvalue weighted by molar-refractivity contribution is 0.171. The van der Waals surface area contributed by atoms with Crippen LogP contribution in [0, 0.1) is 11.3 Å². The summed E-state index contributed by atoms with van der Waals surface area (Å²) in [6.45, 7) is 8.48. The van der Waals surface area contributed by atoms with Crippen molar-refractivity contribution in [3.8, 4) is 6.07 Å². The lowest BCUT2D eigenvalue weighted by Gasteiger charge is -2.35. The van der Waals surface area contributed by atoms with Crippen LogP contribution in [0.15, 0.2) is 12.7 Å². The molecule has 0 aromatic heterocycles. The summed E-state index contributed by atoms with van der Waals surface area (Å²) in [7, 11) is 0. The van der Waals surface area contributed by atoms with E-state index in [1.54, 1.807) is 0 Å². The van der Waals surface area contributed by atoms with Crippen molar-refractivity contribution in [3.05, 3.63) is 12.7 Å². The van der Waals surface area contributed by atoms with Crippen LogP contribution in [0.25, 0.3) is 0 Å². The Kier molecular flexibility index (Phi) is 3.27. The van der Waals surface area contributed by atoms with Gasteiger partial charge in [-0.25, -0.2) is 0 Å². The summed E-state index contributed by atoms with van der Waals surface area (Å²) in [6.07, 6.45) is 1.88. The molecule has 0 saturated carbocycles. The van der Waals surface area contributed by atoms with Crippen molar-refractivity contribution < 1.29 is 0 Å². The molecule has 1 saturated heterocycles.